The van der Waals surface area contributed by atoms with Gasteiger partial charge in [-0.3, -0.25) is 9.36 Å². The van der Waals surface area contributed by atoms with Crippen molar-refractivity contribution in [2.75, 3.05) is 40.9 Å². The molecule has 2 N–H and O–H groups in total. The number of hydrogen-bond donors (Lipinski definition) is 2. The largest absolute Gasteiger partial charge is 0.756 e. The van der Waals surface area contributed by atoms with Crippen molar-refractivity contribution in [3.63, 3.8) is 0 Å². The van der Waals surface area contributed by atoms with Crippen LogP contribution in [-0.4, -0.2) is 68.5 Å². The number of amides is 1. The number of allylic oxidation sites excluding steroid dienone is 5. The highest BCUT2D eigenvalue weighted by Crippen LogP contribution is 2.38. The van der Waals surface area contributed by atoms with Gasteiger partial charge in [-0.2, -0.15) is 0 Å². The van der Waals surface area contributed by atoms with Gasteiger partial charge in [-0.1, -0.05) is 249 Å². The van der Waals surface area contributed by atoms with Crippen LogP contribution in [0.4, 0.5) is 0 Å². The quantitative estimate of drug-likeness (QED) is 0.0272. The highest BCUT2D eigenvalue weighted by Gasteiger charge is 2.23. The number of nitrogens with one attached hydrogen (secondary N) is 1. The van der Waals surface area contributed by atoms with Crippen molar-refractivity contribution in [2.45, 2.75) is 276 Å². The first-order chi connectivity index (χ1) is 31.5. The molecule has 3 unspecified atom stereocenters. The second-order valence-electron chi connectivity index (χ2n) is 20.3. The molecule has 65 heavy (non-hydrogen) atoms. The summed E-state index contributed by atoms with van der Waals surface area (Å²) in [7, 11) is 1.24. The van der Waals surface area contributed by atoms with Crippen LogP contribution >= 0.6 is 7.82 Å². The van der Waals surface area contributed by atoms with Gasteiger partial charge in [0.25, 0.3) is 7.82 Å². The van der Waals surface area contributed by atoms with Gasteiger partial charge in [0.2, 0.25) is 5.91 Å². The molecule has 0 radical (unpaired) electrons. The van der Waals surface area contributed by atoms with Gasteiger partial charge in [0.15, 0.2) is 0 Å². The van der Waals surface area contributed by atoms with Gasteiger partial charge in [-0.15, -0.1) is 0 Å². The number of quaternary nitrogens is 1. The van der Waals surface area contributed by atoms with Gasteiger partial charge in [-0.05, 0) is 44.9 Å². The van der Waals surface area contributed by atoms with E-state index in [-0.39, 0.29) is 12.5 Å². The molecule has 0 rings (SSSR count). The first-order valence-corrected chi connectivity index (χ1v) is 29.3. The lowest BCUT2D eigenvalue weighted by Crippen LogP contribution is -2.45. The van der Waals surface area contributed by atoms with E-state index in [1.165, 1.54) is 199 Å². The van der Waals surface area contributed by atoms with Gasteiger partial charge in [0.1, 0.15) is 13.2 Å². The molecule has 0 aliphatic carbocycles. The van der Waals surface area contributed by atoms with Crippen molar-refractivity contribution in [1.82, 2.24) is 5.32 Å². The zero-order chi connectivity index (χ0) is 47.8. The third-order valence-corrected chi connectivity index (χ3v) is 13.5. The maximum absolute atomic E-state index is 12.9. The lowest BCUT2D eigenvalue weighted by Gasteiger charge is -2.29. The van der Waals surface area contributed by atoms with Crippen molar-refractivity contribution in [3.05, 3.63) is 36.5 Å². The summed E-state index contributed by atoms with van der Waals surface area (Å²) in [5.41, 5.74) is 0. The van der Waals surface area contributed by atoms with E-state index in [1.807, 2.05) is 27.2 Å². The Morgan fingerprint density at radius 2 is 0.862 bits per heavy atom. The van der Waals surface area contributed by atoms with Gasteiger partial charge < -0.3 is 28.8 Å². The number of phosphoric acid groups is 1. The summed E-state index contributed by atoms with van der Waals surface area (Å²) in [6.07, 6.45) is 60.8. The molecule has 0 heterocycles. The van der Waals surface area contributed by atoms with Crippen LogP contribution in [-0.2, 0) is 18.4 Å². The van der Waals surface area contributed by atoms with E-state index < -0.39 is 26.6 Å². The van der Waals surface area contributed by atoms with Crippen molar-refractivity contribution in [2.24, 2.45) is 0 Å². The van der Waals surface area contributed by atoms with E-state index in [0.29, 0.717) is 17.4 Å². The fourth-order valence-electron chi connectivity index (χ4n) is 8.19. The maximum Gasteiger partial charge on any atom is 0.268 e. The monoisotopic (exact) mass is 937 g/mol. The lowest BCUT2D eigenvalue weighted by atomic mass is 10.0. The van der Waals surface area contributed by atoms with Gasteiger partial charge >= 0.3 is 0 Å². The summed E-state index contributed by atoms with van der Waals surface area (Å²) in [5, 5.41) is 13.8. The normalized spacial score (nSPS) is 14.3. The van der Waals surface area contributed by atoms with Crippen LogP contribution in [0, 0.1) is 0 Å². The van der Waals surface area contributed by atoms with Gasteiger partial charge in [-0.25, -0.2) is 0 Å². The number of aliphatic hydroxyl groups excluding tert-OH is 1. The number of unbranched alkanes of at least 4 members (excludes halogenated alkanes) is 34. The molecule has 9 heteroatoms. The van der Waals surface area contributed by atoms with E-state index >= 15 is 0 Å². The molecule has 0 bridgehead atoms. The molecule has 0 aromatic rings. The van der Waals surface area contributed by atoms with Gasteiger partial charge in [0, 0.05) is 6.42 Å². The number of likely N-dealkylation sites (N-methyl/N-ethyl adjacent to an activating group) is 1. The van der Waals surface area contributed by atoms with Crippen LogP contribution in [0.3, 0.4) is 0 Å². The molecule has 0 saturated carbocycles. The highest BCUT2D eigenvalue weighted by atomic mass is 31.2. The molecular formula is C56H109N2O6P. The molecule has 0 aromatic carbocycles. The van der Waals surface area contributed by atoms with Crippen LogP contribution in [0.15, 0.2) is 36.5 Å². The van der Waals surface area contributed by atoms with Crippen molar-refractivity contribution < 1.29 is 32.9 Å². The smallest absolute Gasteiger partial charge is 0.268 e. The molecule has 0 aliphatic heterocycles. The third-order valence-electron chi connectivity index (χ3n) is 12.6. The summed E-state index contributed by atoms with van der Waals surface area (Å²) in [6.45, 7) is 4.64. The fraction of sp³-hybridized carbons (Fsp3) is 0.875. The predicted molar refractivity (Wildman–Crippen MR) is 279 cm³/mol. The number of rotatable bonds is 51. The summed E-state index contributed by atoms with van der Waals surface area (Å²) in [5.74, 6) is -0.207. The van der Waals surface area contributed by atoms with E-state index in [4.69, 9.17) is 9.05 Å². The second-order valence-corrected chi connectivity index (χ2v) is 21.7. The molecule has 0 aliphatic rings. The van der Waals surface area contributed by atoms with E-state index in [1.54, 1.807) is 6.08 Å². The highest BCUT2D eigenvalue weighted by molar-refractivity contribution is 7.45. The molecule has 384 valence electrons. The Balaban J connectivity index is 4.18. The number of nitrogens with zero attached hydrogens (tertiary/aromatic N) is 1. The molecule has 0 spiro atoms. The van der Waals surface area contributed by atoms with Crippen molar-refractivity contribution in [3.8, 4) is 0 Å². The molecular weight excluding hydrogens is 828 g/mol. The summed E-state index contributed by atoms with van der Waals surface area (Å²) in [6, 6.07) is -0.907. The molecule has 0 aromatic heterocycles. The minimum atomic E-state index is -4.60. The molecule has 1 amide bonds. The van der Waals surface area contributed by atoms with E-state index in [2.05, 4.69) is 43.5 Å². The number of carbonyl (C=O) groups is 1. The number of carbonyl (C=O) groups excluding carboxylic acids is 1. The minimum Gasteiger partial charge on any atom is -0.756 e. The molecule has 0 saturated heterocycles. The Morgan fingerprint density at radius 1 is 0.523 bits per heavy atom. The topological polar surface area (TPSA) is 108 Å². The maximum atomic E-state index is 12.9. The summed E-state index contributed by atoms with van der Waals surface area (Å²) < 4.78 is 23.3. The minimum absolute atomic E-state index is 0.00755. The Morgan fingerprint density at radius 3 is 1.25 bits per heavy atom. The van der Waals surface area contributed by atoms with Crippen LogP contribution in [0.25, 0.3) is 0 Å². The molecule has 8 nitrogen and oxygen atoms in total. The second kappa shape index (κ2) is 47.8. The van der Waals surface area contributed by atoms with Gasteiger partial charge in [0.05, 0.1) is 39.9 Å². The third kappa shape index (κ3) is 50.4. The zero-order valence-electron chi connectivity index (χ0n) is 43.7. The van der Waals surface area contributed by atoms with Crippen LogP contribution in [0.1, 0.15) is 264 Å². The van der Waals surface area contributed by atoms with E-state index in [9.17, 15) is 19.4 Å². The Labute approximate surface area is 404 Å². The van der Waals surface area contributed by atoms with Crippen LogP contribution in [0.5, 0.6) is 0 Å². The fourth-order valence-corrected chi connectivity index (χ4v) is 8.91. The first kappa shape index (κ1) is 63.7. The standard InChI is InChI=1S/C56H109N2O6P/c1-6-8-10-12-14-16-18-20-22-24-25-26-27-28-29-30-31-32-33-34-36-38-40-42-44-46-48-50-56(60)57-54(53-64-65(61,62)63-52-51-58(3,4)5)55(59)49-47-45-43-41-39-37-35-23-21-19-17-15-13-11-9-7-2/h21,23,39,41,47,49,54-55,59H,6-20,22,24-38,40,42-46,48,50-53H2,1-5H3,(H-,57,60,61,62)/b23-21+,41-39+,49-47+. The lowest BCUT2D eigenvalue weighted by molar-refractivity contribution is -0.870. The molecule has 3 atom stereocenters. The zero-order valence-corrected chi connectivity index (χ0v) is 44.6. The van der Waals surface area contributed by atoms with Crippen molar-refractivity contribution >= 4 is 13.7 Å². The first-order valence-electron chi connectivity index (χ1n) is 27.9. The number of aliphatic hydroxyl groups is 1. The summed E-state index contributed by atoms with van der Waals surface area (Å²) >= 11 is 0. The Hall–Kier alpha value is -1.28. The summed E-state index contributed by atoms with van der Waals surface area (Å²) in [4.78, 5) is 25.4. The predicted octanol–water partition coefficient (Wildman–Crippen LogP) is 16.0. The average Bonchev–Trinajstić information content (AvgIpc) is 3.26. The number of hydrogen-bond acceptors (Lipinski definition) is 6. The van der Waals surface area contributed by atoms with Crippen LogP contribution < -0.4 is 10.2 Å². The Kier molecular flexibility index (Phi) is 46.8. The molecule has 0 fully saturated rings. The average molecular weight is 937 g/mol. The SMILES string of the molecule is CCCCCCCC/C=C/CC/C=C/CC/C=C/C(O)C(COP(=O)([O-])OCC[N+](C)(C)C)NC(=O)CCCCCCCCCCCCCCCCCCCCCCCCCCCCC. The number of phosphoric ester groups is 1. The Bertz CT molecular complexity index is 1150. The van der Waals surface area contributed by atoms with E-state index in [0.717, 1.165) is 44.9 Å². The van der Waals surface area contributed by atoms with Crippen LogP contribution in [0.2, 0.25) is 0 Å². The van der Waals surface area contributed by atoms with Crippen molar-refractivity contribution in [1.29, 1.82) is 0 Å².